The fourth-order valence-electron chi connectivity index (χ4n) is 1.55. The summed E-state index contributed by atoms with van der Waals surface area (Å²) in [5.74, 6) is 0.101. The number of aryl methyl sites for hydroxylation is 1. The maximum Gasteiger partial charge on any atom is 0.178 e. The summed E-state index contributed by atoms with van der Waals surface area (Å²) >= 11 is 0. The predicted molar refractivity (Wildman–Crippen MR) is 62.6 cm³/mol. The van der Waals surface area contributed by atoms with Crippen molar-refractivity contribution in [1.82, 2.24) is 15.0 Å². The minimum Gasteiger partial charge on any atom is -0.324 e. The number of pyridine rings is 1. The Balaban J connectivity index is 2.41. The predicted octanol–water partition coefficient (Wildman–Crippen LogP) is 2.01. The van der Waals surface area contributed by atoms with Gasteiger partial charge in [-0.1, -0.05) is 0 Å². The van der Waals surface area contributed by atoms with Gasteiger partial charge in [0.2, 0.25) is 0 Å². The van der Waals surface area contributed by atoms with Crippen LogP contribution in [-0.2, 0) is 0 Å². The zero-order valence-corrected chi connectivity index (χ0v) is 9.68. The number of hydrogen-bond acceptors (Lipinski definition) is 4. The summed E-state index contributed by atoms with van der Waals surface area (Å²) in [5, 5.41) is 0. The molecule has 0 bridgehead atoms. The van der Waals surface area contributed by atoms with E-state index in [0.717, 1.165) is 17.5 Å². The molecule has 0 fully saturated rings. The lowest BCUT2D eigenvalue weighted by atomic mass is 10.1. The first-order valence-corrected chi connectivity index (χ1v) is 5.29. The van der Waals surface area contributed by atoms with Gasteiger partial charge in [0.1, 0.15) is 11.5 Å². The Morgan fingerprint density at radius 1 is 1.24 bits per heavy atom. The SMILES string of the molecule is Cc1nc(-c2ccc(F)cn2)ncc1C(C)N. The Hall–Kier alpha value is -1.88. The quantitative estimate of drug-likeness (QED) is 0.860. The molecule has 0 spiro atoms. The standard InChI is InChI=1S/C12H13FN4/c1-7(14)10-6-16-12(17-8(10)2)11-4-3-9(13)5-15-11/h3-7H,14H2,1-2H3. The molecule has 2 N–H and O–H groups in total. The minimum atomic E-state index is -0.377. The number of nitrogens with zero attached hydrogens (tertiary/aromatic N) is 3. The van der Waals surface area contributed by atoms with Crippen LogP contribution >= 0.6 is 0 Å². The summed E-state index contributed by atoms with van der Waals surface area (Å²) < 4.78 is 12.7. The van der Waals surface area contributed by atoms with E-state index in [1.54, 1.807) is 12.3 Å². The van der Waals surface area contributed by atoms with Crippen molar-refractivity contribution in [3.05, 3.63) is 41.6 Å². The minimum absolute atomic E-state index is 0.106. The van der Waals surface area contributed by atoms with E-state index in [2.05, 4.69) is 15.0 Å². The average molecular weight is 232 g/mol. The van der Waals surface area contributed by atoms with E-state index in [9.17, 15) is 4.39 Å². The number of hydrogen-bond donors (Lipinski definition) is 1. The van der Waals surface area contributed by atoms with Crippen LogP contribution in [0.1, 0.15) is 24.2 Å². The number of rotatable bonds is 2. The first-order valence-electron chi connectivity index (χ1n) is 5.29. The maximum atomic E-state index is 12.7. The van der Waals surface area contributed by atoms with E-state index in [0.29, 0.717) is 11.5 Å². The lowest BCUT2D eigenvalue weighted by molar-refractivity contribution is 0.621. The molecule has 1 atom stereocenters. The number of nitrogens with two attached hydrogens (primary N) is 1. The van der Waals surface area contributed by atoms with Gasteiger partial charge in [-0.25, -0.2) is 19.3 Å². The summed E-state index contributed by atoms with van der Waals surface area (Å²) in [6.45, 7) is 3.74. The molecule has 1 unspecified atom stereocenters. The normalized spacial score (nSPS) is 12.5. The first-order chi connectivity index (χ1) is 8.08. The topological polar surface area (TPSA) is 64.7 Å². The Bertz CT molecular complexity index is 523. The molecule has 2 heterocycles. The number of halogens is 1. The van der Waals surface area contributed by atoms with Gasteiger partial charge < -0.3 is 5.73 Å². The van der Waals surface area contributed by atoms with Gasteiger partial charge in [0, 0.05) is 23.5 Å². The van der Waals surface area contributed by atoms with E-state index in [4.69, 9.17) is 5.73 Å². The summed E-state index contributed by atoms with van der Waals surface area (Å²) in [6, 6.07) is 2.78. The van der Waals surface area contributed by atoms with Crippen LogP contribution < -0.4 is 5.73 Å². The van der Waals surface area contributed by atoms with Crippen LogP contribution in [0.2, 0.25) is 0 Å². The molecule has 0 aromatic carbocycles. The van der Waals surface area contributed by atoms with Gasteiger partial charge in [0.25, 0.3) is 0 Å². The van der Waals surface area contributed by atoms with Crippen molar-refractivity contribution in [2.45, 2.75) is 19.9 Å². The van der Waals surface area contributed by atoms with E-state index < -0.39 is 0 Å². The molecule has 5 heteroatoms. The molecule has 4 nitrogen and oxygen atoms in total. The van der Waals surface area contributed by atoms with Gasteiger partial charge in [0.15, 0.2) is 5.82 Å². The van der Waals surface area contributed by atoms with Crippen molar-refractivity contribution >= 4 is 0 Å². The van der Waals surface area contributed by atoms with Crippen molar-refractivity contribution in [2.24, 2.45) is 5.73 Å². The van der Waals surface area contributed by atoms with Crippen LogP contribution in [0.5, 0.6) is 0 Å². The molecule has 0 saturated carbocycles. The second-order valence-electron chi connectivity index (χ2n) is 3.88. The highest BCUT2D eigenvalue weighted by Crippen LogP contribution is 2.17. The lowest BCUT2D eigenvalue weighted by Crippen LogP contribution is -2.09. The molecule has 0 aliphatic carbocycles. The van der Waals surface area contributed by atoms with Crippen LogP contribution in [-0.4, -0.2) is 15.0 Å². The van der Waals surface area contributed by atoms with E-state index >= 15 is 0 Å². The molecule has 2 rings (SSSR count). The molecule has 2 aromatic heterocycles. The second kappa shape index (κ2) is 4.55. The summed E-state index contributed by atoms with van der Waals surface area (Å²) in [5.41, 5.74) is 8.04. The van der Waals surface area contributed by atoms with Crippen LogP contribution in [0.15, 0.2) is 24.5 Å². The van der Waals surface area contributed by atoms with Crippen LogP contribution in [0.3, 0.4) is 0 Å². The highest BCUT2D eigenvalue weighted by atomic mass is 19.1. The van der Waals surface area contributed by atoms with Gasteiger partial charge in [-0.3, -0.25) is 0 Å². The Kier molecular flexibility index (Phi) is 3.10. The maximum absolute atomic E-state index is 12.7. The van der Waals surface area contributed by atoms with Crippen molar-refractivity contribution in [2.75, 3.05) is 0 Å². The number of aromatic nitrogens is 3. The van der Waals surface area contributed by atoms with Crippen LogP contribution in [0.25, 0.3) is 11.5 Å². The summed E-state index contributed by atoms with van der Waals surface area (Å²) in [4.78, 5) is 12.4. The Labute approximate surface area is 98.7 Å². The smallest absolute Gasteiger partial charge is 0.178 e. The fraction of sp³-hybridized carbons (Fsp3) is 0.250. The highest BCUT2D eigenvalue weighted by molar-refractivity contribution is 5.49. The lowest BCUT2D eigenvalue weighted by Gasteiger charge is -2.09. The molecular weight excluding hydrogens is 219 g/mol. The van der Waals surface area contributed by atoms with Crippen molar-refractivity contribution in [3.63, 3.8) is 0 Å². The van der Waals surface area contributed by atoms with E-state index in [1.807, 2.05) is 13.8 Å². The molecule has 0 aliphatic rings. The summed E-state index contributed by atoms with van der Waals surface area (Å²) in [6.07, 6.45) is 2.83. The Morgan fingerprint density at radius 3 is 2.53 bits per heavy atom. The fourth-order valence-corrected chi connectivity index (χ4v) is 1.55. The van der Waals surface area contributed by atoms with Gasteiger partial charge >= 0.3 is 0 Å². The summed E-state index contributed by atoms with van der Waals surface area (Å²) in [7, 11) is 0. The largest absolute Gasteiger partial charge is 0.324 e. The highest BCUT2D eigenvalue weighted by Gasteiger charge is 2.09. The zero-order valence-electron chi connectivity index (χ0n) is 9.68. The monoisotopic (exact) mass is 232 g/mol. The van der Waals surface area contributed by atoms with Crippen LogP contribution in [0, 0.1) is 12.7 Å². The van der Waals surface area contributed by atoms with Crippen molar-refractivity contribution < 1.29 is 4.39 Å². The third kappa shape index (κ3) is 2.45. The molecule has 0 amide bonds. The molecule has 88 valence electrons. The van der Waals surface area contributed by atoms with Crippen LogP contribution in [0.4, 0.5) is 4.39 Å². The molecule has 0 saturated heterocycles. The Morgan fingerprint density at radius 2 is 2.00 bits per heavy atom. The van der Waals surface area contributed by atoms with Gasteiger partial charge in [0.05, 0.1) is 6.20 Å². The first kappa shape index (κ1) is 11.6. The van der Waals surface area contributed by atoms with Crippen molar-refractivity contribution in [1.29, 1.82) is 0 Å². The van der Waals surface area contributed by atoms with Gasteiger partial charge in [-0.15, -0.1) is 0 Å². The second-order valence-corrected chi connectivity index (χ2v) is 3.88. The molecule has 17 heavy (non-hydrogen) atoms. The molecule has 0 aliphatic heterocycles. The average Bonchev–Trinajstić information content (AvgIpc) is 2.29. The van der Waals surface area contributed by atoms with Gasteiger partial charge in [-0.05, 0) is 26.0 Å². The third-order valence-corrected chi connectivity index (χ3v) is 2.46. The zero-order chi connectivity index (χ0) is 12.4. The molecule has 0 radical (unpaired) electrons. The van der Waals surface area contributed by atoms with E-state index in [-0.39, 0.29) is 11.9 Å². The third-order valence-electron chi connectivity index (χ3n) is 2.46. The van der Waals surface area contributed by atoms with Gasteiger partial charge in [-0.2, -0.15) is 0 Å². The molecule has 2 aromatic rings. The van der Waals surface area contributed by atoms with Crippen molar-refractivity contribution in [3.8, 4) is 11.5 Å². The molecular formula is C12H13FN4. The van der Waals surface area contributed by atoms with E-state index in [1.165, 1.54) is 6.07 Å².